The minimum absolute atomic E-state index is 0.257. The molecule has 0 aliphatic rings. The Labute approximate surface area is 237 Å². The minimum atomic E-state index is -0.462. The Bertz CT molecular complexity index is 1410. The molecule has 1 aromatic heterocycles. The highest BCUT2D eigenvalue weighted by atomic mass is 35.5. The lowest BCUT2D eigenvalue weighted by Crippen LogP contribution is -2.27. The van der Waals surface area contributed by atoms with E-state index < -0.39 is 5.25 Å². The van der Waals surface area contributed by atoms with Crippen molar-refractivity contribution in [2.75, 3.05) is 5.32 Å². The summed E-state index contributed by atoms with van der Waals surface area (Å²) in [5.41, 5.74) is 5.36. The van der Waals surface area contributed by atoms with Gasteiger partial charge in [0.05, 0.1) is 18.0 Å². The summed E-state index contributed by atoms with van der Waals surface area (Å²) in [4.78, 5) is 12.8. The lowest BCUT2D eigenvalue weighted by Gasteiger charge is -2.12. The molecule has 4 aromatic rings. The molecular formula is C29H29ClN6O2S. The average molecular weight is 561 g/mol. The fourth-order valence-electron chi connectivity index (χ4n) is 3.52. The Morgan fingerprint density at radius 1 is 1.10 bits per heavy atom. The first kappa shape index (κ1) is 27.9. The number of hydrogen-bond acceptors (Lipinski definition) is 7. The van der Waals surface area contributed by atoms with Crippen LogP contribution in [0.5, 0.6) is 5.75 Å². The normalized spacial score (nSPS) is 11.7. The van der Waals surface area contributed by atoms with E-state index in [1.807, 2.05) is 83.4 Å². The van der Waals surface area contributed by atoms with Gasteiger partial charge in [-0.15, -0.1) is 16.8 Å². The Morgan fingerprint density at radius 3 is 2.62 bits per heavy atom. The highest BCUT2D eigenvalue weighted by Crippen LogP contribution is 2.23. The number of allylic oxidation sites excluding steroid dienone is 1. The molecule has 39 heavy (non-hydrogen) atoms. The molecule has 3 aromatic carbocycles. The van der Waals surface area contributed by atoms with Crippen molar-refractivity contribution >= 4 is 41.2 Å². The summed E-state index contributed by atoms with van der Waals surface area (Å²) in [6.07, 6.45) is 3.35. The summed E-state index contributed by atoms with van der Waals surface area (Å²) in [6.45, 7) is 7.04. The molecule has 8 nitrogen and oxygen atoms in total. The van der Waals surface area contributed by atoms with Crippen LogP contribution in [-0.2, 0) is 24.5 Å². The van der Waals surface area contributed by atoms with Crippen molar-refractivity contribution < 1.29 is 9.53 Å². The molecule has 0 aliphatic carbocycles. The Morgan fingerprint density at radius 2 is 1.85 bits per heavy atom. The van der Waals surface area contributed by atoms with Gasteiger partial charge in [0.25, 0.3) is 5.91 Å². The first-order valence-corrected chi connectivity index (χ1v) is 13.6. The first-order valence-electron chi connectivity index (χ1n) is 12.3. The Hall–Kier alpha value is -4.08. The van der Waals surface area contributed by atoms with Crippen LogP contribution in [0.4, 0.5) is 5.69 Å². The maximum absolute atomic E-state index is 12.8. The van der Waals surface area contributed by atoms with E-state index in [9.17, 15) is 4.79 Å². The van der Waals surface area contributed by atoms with E-state index in [-0.39, 0.29) is 5.91 Å². The highest BCUT2D eigenvalue weighted by molar-refractivity contribution is 8.00. The number of nitrogens with zero attached hydrogens (tertiary/aromatic N) is 4. The predicted molar refractivity (Wildman–Crippen MR) is 157 cm³/mol. The van der Waals surface area contributed by atoms with Crippen molar-refractivity contribution in [2.45, 2.75) is 37.0 Å². The van der Waals surface area contributed by atoms with Crippen molar-refractivity contribution in [3.63, 3.8) is 0 Å². The number of anilines is 1. The van der Waals surface area contributed by atoms with Crippen LogP contribution in [0.1, 0.15) is 23.9 Å². The standard InChI is InChI=1S/C29H29ClN6O2S/c1-3-17-36-27(19-31-25-15-13-24(30)14-16-25)33-35-29(36)39-21(2)28(37)34-32-18-23-11-7-8-12-26(23)38-20-22-9-5-4-6-10-22/h3-16,18,21,31H,1,17,19-20H2,2H3,(H,34,37)/t21-/m0/s1. The zero-order chi connectivity index (χ0) is 27.5. The lowest BCUT2D eigenvalue weighted by atomic mass is 10.2. The van der Waals surface area contributed by atoms with Crippen molar-refractivity contribution in [3.8, 4) is 5.75 Å². The SMILES string of the molecule is C=CCn1c(CNc2ccc(Cl)cc2)nnc1S[C@@H](C)C(=O)NN=Cc1ccccc1OCc1ccccc1. The number of para-hydroxylation sites is 1. The molecule has 0 fully saturated rings. The molecule has 10 heteroatoms. The van der Waals surface area contributed by atoms with Crippen molar-refractivity contribution in [1.29, 1.82) is 0 Å². The molecule has 0 bridgehead atoms. The number of thioether (sulfide) groups is 1. The van der Waals surface area contributed by atoms with Crippen LogP contribution in [-0.4, -0.2) is 32.1 Å². The predicted octanol–water partition coefficient (Wildman–Crippen LogP) is 5.94. The van der Waals surface area contributed by atoms with Gasteiger partial charge in [-0.05, 0) is 48.9 Å². The maximum atomic E-state index is 12.8. The van der Waals surface area contributed by atoms with Gasteiger partial charge in [-0.3, -0.25) is 4.79 Å². The number of carbonyl (C=O) groups is 1. The number of aromatic nitrogens is 3. The number of hydrazone groups is 1. The van der Waals surface area contributed by atoms with Gasteiger partial charge in [0, 0.05) is 22.8 Å². The number of hydrogen-bond donors (Lipinski definition) is 2. The van der Waals surface area contributed by atoms with Gasteiger partial charge in [-0.2, -0.15) is 5.10 Å². The fraction of sp³-hybridized carbons (Fsp3) is 0.172. The van der Waals surface area contributed by atoms with Gasteiger partial charge in [0.2, 0.25) is 0 Å². The number of amides is 1. The van der Waals surface area contributed by atoms with E-state index in [4.69, 9.17) is 16.3 Å². The lowest BCUT2D eigenvalue weighted by molar-refractivity contribution is -0.120. The van der Waals surface area contributed by atoms with Crippen LogP contribution in [0.2, 0.25) is 5.02 Å². The van der Waals surface area contributed by atoms with Crippen molar-refractivity contribution in [3.05, 3.63) is 113 Å². The van der Waals surface area contributed by atoms with Crippen LogP contribution in [0.25, 0.3) is 0 Å². The molecule has 2 N–H and O–H groups in total. The van der Waals surface area contributed by atoms with E-state index >= 15 is 0 Å². The number of rotatable bonds is 13. The number of nitrogens with one attached hydrogen (secondary N) is 2. The van der Waals surface area contributed by atoms with Crippen LogP contribution in [0, 0.1) is 0 Å². The molecule has 0 spiro atoms. The third-order valence-corrected chi connectivity index (χ3v) is 6.92. The quantitative estimate of drug-likeness (QED) is 0.0909. The van der Waals surface area contributed by atoms with Crippen LogP contribution in [0.3, 0.4) is 0 Å². The Kier molecular flexibility index (Phi) is 10.2. The maximum Gasteiger partial charge on any atom is 0.253 e. The van der Waals surface area contributed by atoms with E-state index in [2.05, 4.69) is 32.6 Å². The topological polar surface area (TPSA) is 93.4 Å². The molecule has 200 valence electrons. The average Bonchev–Trinajstić information content (AvgIpc) is 3.33. The second-order valence-corrected chi connectivity index (χ2v) is 10.2. The smallest absolute Gasteiger partial charge is 0.253 e. The number of ether oxygens (including phenoxy) is 1. The third kappa shape index (κ3) is 8.20. The van der Waals surface area contributed by atoms with Crippen molar-refractivity contribution in [2.24, 2.45) is 5.10 Å². The zero-order valence-electron chi connectivity index (χ0n) is 21.5. The van der Waals surface area contributed by atoms with E-state index in [0.29, 0.717) is 35.6 Å². The molecule has 0 radical (unpaired) electrons. The fourth-order valence-corrected chi connectivity index (χ4v) is 4.52. The summed E-state index contributed by atoms with van der Waals surface area (Å²) < 4.78 is 7.88. The van der Waals surface area contributed by atoms with E-state index in [1.165, 1.54) is 11.8 Å². The van der Waals surface area contributed by atoms with Crippen molar-refractivity contribution in [1.82, 2.24) is 20.2 Å². The minimum Gasteiger partial charge on any atom is -0.488 e. The van der Waals surface area contributed by atoms with Crippen LogP contribution >= 0.6 is 23.4 Å². The molecule has 0 saturated carbocycles. The van der Waals surface area contributed by atoms with Gasteiger partial charge < -0.3 is 14.6 Å². The largest absolute Gasteiger partial charge is 0.488 e. The molecule has 0 unspecified atom stereocenters. The van der Waals surface area contributed by atoms with Gasteiger partial charge in [0.15, 0.2) is 11.0 Å². The zero-order valence-corrected chi connectivity index (χ0v) is 23.0. The third-order valence-electron chi connectivity index (χ3n) is 5.59. The molecule has 0 saturated heterocycles. The number of benzene rings is 3. The van der Waals surface area contributed by atoms with E-state index in [1.54, 1.807) is 19.2 Å². The van der Waals surface area contributed by atoms with Gasteiger partial charge in [-0.25, -0.2) is 5.43 Å². The molecular weight excluding hydrogens is 532 g/mol. The van der Waals surface area contributed by atoms with Gasteiger partial charge >= 0.3 is 0 Å². The number of halogens is 1. The summed E-state index contributed by atoms with van der Waals surface area (Å²) >= 11 is 7.26. The summed E-state index contributed by atoms with van der Waals surface area (Å²) in [5, 5.41) is 16.9. The summed E-state index contributed by atoms with van der Waals surface area (Å²) in [6, 6.07) is 24.9. The molecule has 1 amide bonds. The summed E-state index contributed by atoms with van der Waals surface area (Å²) in [7, 11) is 0. The van der Waals surface area contributed by atoms with Gasteiger partial charge in [-0.1, -0.05) is 71.9 Å². The monoisotopic (exact) mass is 560 g/mol. The highest BCUT2D eigenvalue weighted by Gasteiger charge is 2.19. The van der Waals surface area contributed by atoms with E-state index in [0.717, 1.165) is 22.6 Å². The Balaban J connectivity index is 1.33. The molecule has 1 atom stereocenters. The van der Waals surface area contributed by atoms with Gasteiger partial charge in [0.1, 0.15) is 12.4 Å². The molecule has 1 heterocycles. The second-order valence-electron chi connectivity index (χ2n) is 8.46. The van der Waals surface area contributed by atoms with Crippen LogP contribution in [0.15, 0.2) is 102 Å². The second kappa shape index (κ2) is 14.2. The van der Waals surface area contributed by atoms with Crippen LogP contribution < -0.4 is 15.5 Å². The molecule has 0 aliphatic heterocycles. The molecule has 4 rings (SSSR count). The summed E-state index contributed by atoms with van der Waals surface area (Å²) in [5.74, 6) is 1.15. The number of carbonyl (C=O) groups excluding carboxylic acids is 1. The first-order chi connectivity index (χ1) is 19.0.